The van der Waals surface area contributed by atoms with Gasteiger partial charge in [-0.05, 0) is 48.5 Å². The Bertz CT molecular complexity index is 1480. The van der Waals surface area contributed by atoms with Crippen LogP contribution >= 0.6 is 0 Å². The molecule has 4 aromatic rings. The highest BCUT2D eigenvalue weighted by Crippen LogP contribution is 2.30. The van der Waals surface area contributed by atoms with Gasteiger partial charge in [-0.15, -0.1) is 0 Å². The molecule has 1 amide bonds. The van der Waals surface area contributed by atoms with Crippen LogP contribution in [-0.2, 0) is 10.9 Å². The number of nitrogens with zero attached hydrogens (tertiary/aromatic N) is 2. The number of carbonyl (C=O) groups excluding carboxylic acids is 2. The highest BCUT2D eigenvalue weighted by atomic mass is 19.4. The summed E-state index contributed by atoms with van der Waals surface area (Å²) in [4.78, 5) is 34.8. The number of alkyl halides is 3. The zero-order chi connectivity index (χ0) is 26.0. The lowest BCUT2D eigenvalue weighted by atomic mass is 10.0. The van der Waals surface area contributed by atoms with E-state index in [1.165, 1.54) is 18.2 Å². The van der Waals surface area contributed by atoms with Crippen molar-refractivity contribution in [3.63, 3.8) is 0 Å². The quantitative estimate of drug-likeness (QED) is 0.378. The van der Waals surface area contributed by atoms with Gasteiger partial charge in [0.15, 0.2) is 5.78 Å². The predicted molar refractivity (Wildman–Crippen MR) is 130 cm³/mol. The number of benzene rings is 3. The van der Waals surface area contributed by atoms with Crippen molar-refractivity contribution < 1.29 is 27.5 Å². The Morgan fingerprint density at radius 3 is 2.51 bits per heavy atom. The van der Waals surface area contributed by atoms with Crippen molar-refractivity contribution in [1.29, 1.82) is 0 Å². The van der Waals surface area contributed by atoms with Gasteiger partial charge in [-0.1, -0.05) is 18.2 Å². The number of nitrogens with one attached hydrogen (secondary N) is 2. The molecule has 5 rings (SSSR count). The monoisotopic (exact) mass is 506 g/mol. The summed E-state index contributed by atoms with van der Waals surface area (Å²) in [5.41, 5.74) is 1.78. The highest BCUT2D eigenvalue weighted by molar-refractivity contribution is 6.11. The SMILES string of the molecule is O=C(Nc1cccc(C(=O)c2ccc3nc(C4CNCCO4)cnc3c2)c1)c1cccc(C(F)(F)F)c1. The number of amides is 1. The molecule has 0 spiro atoms. The molecule has 37 heavy (non-hydrogen) atoms. The molecule has 1 atom stereocenters. The minimum Gasteiger partial charge on any atom is -0.369 e. The third-order valence-corrected chi connectivity index (χ3v) is 5.92. The van der Waals surface area contributed by atoms with Gasteiger partial charge in [0.1, 0.15) is 6.10 Å². The number of morpholine rings is 1. The number of ether oxygens (including phenoxy) is 1. The number of aromatic nitrogens is 2. The molecule has 188 valence electrons. The highest BCUT2D eigenvalue weighted by Gasteiger charge is 2.31. The van der Waals surface area contributed by atoms with Crippen LogP contribution in [0, 0.1) is 0 Å². The van der Waals surface area contributed by atoms with E-state index in [4.69, 9.17) is 4.74 Å². The standard InChI is InChI=1S/C27H21F3N4O3/c28-27(29,30)19-5-1-4-18(11-19)26(36)33-20-6-2-3-16(12-20)25(35)17-7-8-21-22(13-17)32-14-23(34-21)24-15-31-9-10-37-24/h1-8,11-14,24,31H,9-10,15H2,(H,33,36). The third kappa shape index (κ3) is 5.50. The van der Waals surface area contributed by atoms with Gasteiger partial charge < -0.3 is 15.4 Å². The van der Waals surface area contributed by atoms with Crippen molar-refractivity contribution >= 4 is 28.4 Å². The van der Waals surface area contributed by atoms with E-state index in [9.17, 15) is 22.8 Å². The normalized spacial score (nSPS) is 15.9. The molecule has 0 saturated carbocycles. The lowest BCUT2D eigenvalue weighted by molar-refractivity contribution is -0.137. The van der Waals surface area contributed by atoms with E-state index in [2.05, 4.69) is 20.6 Å². The molecule has 10 heteroatoms. The second-order valence-corrected chi connectivity index (χ2v) is 8.50. The molecule has 0 radical (unpaired) electrons. The Balaban J connectivity index is 1.33. The molecule has 1 aliphatic heterocycles. The zero-order valence-corrected chi connectivity index (χ0v) is 19.4. The third-order valence-electron chi connectivity index (χ3n) is 5.92. The molecule has 0 bridgehead atoms. The fourth-order valence-electron chi connectivity index (χ4n) is 4.02. The number of halogens is 3. The van der Waals surface area contributed by atoms with E-state index < -0.39 is 17.6 Å². The topological polar surface area (TPSA) is 93.2 Å². The average Bonchev–Trinajstić information content (AvgIpc) is 2.92. The van der Waals surface area contributed by atoms with Crippen LogP contribution in [0.5, 0.6) is 0 Å². The zero-order valence-electron chi connectivity index (χ0n) is 19.4. The van der Waals surface area contributed by atoms with Crippen LogP contribution in [0.1, 0.15) is 43.6 Å². The summed E-state index contributed by atoms with van der Waals surface area (Å²) < 4.78 is 44.7. The predicted octanol–water partition coefficient (Wildman–Crippen LogP) is 4.79. The molecule has 3 aromatic carbocycles. The summed E-state index contributed by atoms with van der Waals surface area (Å²) >= 11 is 0. The summed E-state index contributed by atoms with van der Waals surface area (Å²) in [6.45, 7) is 2.04. The fourth-order valence-corrected chi connectivity index (χ4v) is 4.02. The molecule has 1 unspecified atom stereocenters. The molecule has 1 aliphatic rings. The van der Waals surface area contributed by atoms with Gasteiger partial charge in [0.05, 0.1) is 35.1 Å². The van der Waals surface area contributed by atoms with E-state index in [1.807, 2.05) is 0 Å². The van der Waals surface area contributed by atoms with Crippen LogP contribution in [0.15, 0.2) is 72.9 Å². The molecule has 2 N–H and O–H groups in total. The maximum Gasteiger partial charge on any atom is 0.416 e. The summed E-state index contributed by atoms with van der Waals surface area (Å²) in [6.07, 6.45) is -3.10. The number of ketones is 1. The van der Waals surface area contributed by atoms with Gasteiger partial charge in [0, 0.05) is 35.5 Å². The minimum absolute atomic E-state index is 0.145. The van der Waals surface area contributed by atoms with E-state index in [-0.39, 0.29) is 23.1 Å². The Morgan fingerprint density at radius 1 is 0.946 bits per heavy atom. The van der Waals surface area contributed by atoms with Crippen molar-refractivity contribution in [1.82, 2.24) is 15.3 Å². The van der Waals surface area contributed by atoms with Gasteiger partial charge in [0.25, 0.3) is 5.91 Å². The van der Waals surface area contributed by atoms with Gasteiger partial charge in [-0.25, -0.2) is 4.98 Å². The first-order valence-electron chi connectivity index (χ1n) is 11.5. The molecule has 0 aliphatic carbocycles. The van der Waals surface area contributed by atoms with Gasteiger partial charge in [-0.3, -0.25) is 14.6 Å². The lowest BCUT2D eigenvalue weighted by Gasteiger charge is -2.22. The Morgan fingerprint density at radius 2 is 1.73 bits per heavy atom. The molecule has 7 nitrogen and oxygen atoms in total. The number of fused-ring (bicyclic) bond motifs is 1. The molecular formula is C27H21F3N4O3. The van der Waals surface area contributed by atoms with Crippen molar-refractivity contribution in [2.45, 2.75) is 12.3 Å². The molecule has 2 heterocycles. The molecule has 1 aromatic heterocycles. The largest absolute Gasteiger partial charge is 0.416 e. The van der Waals surface area contributed by atoms with Gasteiger partial charge in [-0.2, -0.15) is 13.2 Å². The van der Waals surface area contributed by atoms with E-state index in [0.717, 1.165) is 18.7 Å². The molecule has 1 saturated heterocycles. The van der Waals surface area contributed by atoms with Crippen LogP contribution in [-0.4, -0.2) is 41.4 Å². The first-order valence-corrected chi connectivity index (χ1v) is 11.5. The number of hydrogen-bond acceptors (Lipinski definition) is 6. The first kappa shape index (κ1) is 24.5. The lowest BCUT2D eigenvalue weighted by Crippen LogP contribution is -2.33. The van der Waals surface area contributed by atoms with E-state index in [1.54, 1.807) is 42.6 Å². The van der Waals surface area contributed by atoms with Crippen molar-refractivity contribution in [2.75, 3.05) is 25.0 Å². The van der Waals surface area contributed by atoms with Gasteiger partial charge >= 0.3 is 6.18 Å². The second kappa shape index (κ2) is 10.1. The van der Waals surface area contributed by atoms with Crippen LogP contribution in [0.2, 0.25) is 0 Å². The number of carbonyl (C=O) groups is 2. The van der Waals surface area contributed by atoms with E-state index >= 15 is 0 Å². The smallest absolute Gasteiger partial charge is 0.369 e. The van der Waals surface area contributed by atoms with Crippen molar-refractivity contribution in [2.24, 2.45) is 0 Å². The van der Waals surface area contributed by atoms with Crippen LogP contribution in [0.3, 0.4) is 0 Å². The first-order chi connectivity index (χ1) is 17.8. The maximum absolute atomic E-state index is 13.2. The Hall–Kier alpha value is -4.15. The summed E-state index contributed by atoms with van der Waals surface area (Å²) in [7, 11) is 0. The number of anilines is 1. The maximum atomic E-state index is 13.2. The Kier molecular flexibility index (Phi) is 6.68. The minimum atomic E-state index is -4.56. The van der Waals surface area contributed by atoms with Gasteiger partial charge in [0.2, 0.25) is 0 Å². The molecular weight excluding hydrogens is 485 g/mol. The average molecular weight is 506 g/mol. The molecule has 1 fully saturated rings. The van der Waals surface area contributed by atoms with Crippen LogP contribution in [0.25, 0.3) is 11.0 Å². The summed E-state index contributed by atoms with van der Waals surface area (Å²) in [5.74, 6) is -1.02. The number of rotatable bonds is 5. The fraction of sp³-hybridized carbons (Fsp3) is 0.185. The van der Waals surface area contributed by atoms with Crippen molar-refractivity contribution in [3.05, 3.63) is 101 Å². The van der Waals surface area contributed by atoms with Crippen LogP contribution < -0.4 is 10.6 Å². The van der Waals surface area contributed by atoms with Crippen molar-refractivity contribution in [3.8, 4) is 0 Å². The van der Waals surface area contributed by atoms with Crippen LogP contribution in [0.4, 0.5) is 18.9 Å². The number of hydrogen-bond donors (Lipinski definition) is 2. The second-order valence-electron chi connectivity index (χ2n) is 8.50. The summed E-state index contributed by atoms with van der Waals surface area (Å²) in [5, 5.41) is 5.80. The summed E-state index contributed by atoms with van der Waals surface area (Å²) in [6, 6.07) is 15.3. The van der Waals surface area contributed by atoms with E-state index in [0.29, 0.717) is 41.0 Å². The Labute approximate surface area is 209 Å².